The zero-order chi connectivity index (χ0) is 22.8. The van der Waals surface area contributed by atoms with Crippen LogP contribution in [0.15, 0.2) is 42.5 Å². The number of hydrogen-bond donors (Lipinski definition) is 4. The Morgan fingerprint density at radius 1 is 1.00 bits per heavy atom. The van der Waals surface area contributed by atoms with Gasteiger partial charge >= 0.3 is 0 Å². The third kappa shape index (κ3) is 5.95. The quantitative estimate of drug-likeness (QED) is 0.477. The molecule has 5 atom stereocenters. The summed E-state index contributed by atoms with van der Waals surface area (Å²) in [6.45, 7) is 4.91. The summed E-state index contributed by atoms with van der Waals surface area (Å²) in [5.41, 5.74) is 3.80. The molecule has 4 N–H and O–H groups in total. The average Bonchev–Trinajstić information content (AvgIpc) is 2.73. The summed E-state index contributed by atoms with van der Waals surface area (Å²) in [5, 5.41) is 39.9. The van der Waals surface area contributed by atoms with Crippen molar-refractivity contribution >= 4 is 7.14 Å². The molecule has 31 heavy (non-hydrogen) atoms. The Labute approximate surface area is 182 Å². The van der Waals surface area contributed by atoms with Gasteiger partial charge in [0, 0.05) is 0 Å². The van der Waals surface area contributed by atoms with Crippen LogP contribution in [0, 0.1) is 6.92 Å². The van der Waals surface area contributed by atoms with Crippen molar-refractivity contribution in [2.75, 3.05) is 26.3 Å². The highest BCUT2D eigenvalue weighted by Crippen LogP contribution is 2.36. The highest BCUT2D eigenvalue weighted by Gasteiger charge is 2.43. The van der Waals surface area contributed by atoms with E-state index in [4.69, 9.17) is 9.47 Å². The molecule has 0 aromatic heterocycles. The summed E-state index contributed by atoms with van der Waals surface area (Å²) in [6.07, 6.45) is -5.06. The number of hydrogen-bond acceptors (Lipinski definition) is 7. The second-order valence-electron chi connectivity index (χ2n) is 8.60. The lowest BCUT2D eigenvalue weighted by atomic mass is 9.89. The van der Waals surface area contributed by atoms with Crippen LogP contribution in [-0.4, -0.2) is 71.1 Å². The van der Waals surface area contributed by atoms with Gasteiger partial charge < -0.3 is 34.5 Å². The number of aliphatic hydroxyl groups is 4. The van der Waals surface area contributed by atoms with Gasteiger partial charge in [0.25, 0.3) is 0 Å². The first-order valence-electron chi connectivity index (χ1n) is 10.2. The normalized spacial score (nSPS) is 26.6. The van der Waals surface area contributed by atoms with Gasteiger partial charge in [0.2, 0.25) is 0 Å². The minimum atomic E-state index is -2.25. The van der Waals surface area contributed by atoms with Crippen molar-refractivity contribution in [1.82, 2.24) is 0 Å². The SMILES string of the molecule is Cc1ccc([C@@H]2O[C@H](CO)[C@@H](O)[C@H](O)[C@H]2O)cc1Cc1ccc(OCP(C)(C)=O)cc1. The fourth-order valence-electron chi connectivity index (χ4n) is 3.59. The summed E-state index contributed by atoms with van der Waals surface area (Å²) >= 11 is 0. The van der Waals surface area contributed by atoms with Crippen molar-refractivity contribution < 1.29 is 34.5 Å². The lowest BCUT2D eigenvalue weighted by molar-refractivity contribution is -0.231. The van der Waals surface area contributed by atoms with E-state index in [0.717, 1.165) is 16.7 Å². The van der Waals surface area contributed by atoms with Crippen molar-refractivity contribution in [3.8, 4) is 5.75 Å². The molecule has 0 amide bonds. The van der Waals surface area contributed by atoms with E-state index in [0.29, 0.717) is 17.7 Å². The van der Waals surface area contributed by atoms with Crippen LogP contribution in [0.25, 0.3) is 0 Å². The van der Waals surface area contributed by atoms with Crippen LogP contribution in [0.1, 0.15) is 28.4 Å². The summed E-state index contributed by atoms with van der Waals surface area (Å²) in [4.78, 5) is 0. The number of benzene rings is 2. The van der Waals surface area contributed by atoms with Gasteiger partial charge in [0.1, 0.15) is 49.8 Å². The molecule has 0 radical (unpaired) electrons. The smallest absolute Gasteiger partial charge is 0.140 e. The van der Waals surface area contributed by atoms with Gasteiger partial charge in [0.05, 0.1) is 6.61 Å². The summed E-state index contributed by atoms with van der Waals surface area (Å²) in [6, 6.07) is 13.2. The van der Waals surface area contributed by atoms with Crippen LogP contribution in [-0.2, 0) is 15.7 Å². The standard InChI is InChI=1S/C23H31O7P/c1-14-4-7-16(23-22(27)21(26)20(25)19(12-24)30-23)11-17(14)10-15-5-8-18(9-6-15)29-13-31(2,3)28/h4-9,11,19-27H,10,12-13H2,1-3H3/t19-,20-,21+,22-,23+/m1/s1. The Morgan fingerprint density at radius 3 is 2.29 bits per heavy atom. The Morgan fingerprint density at radius 2 is 1.68 bits per heavy atom. The molecule has 0 aliphatic carbocycles. The molecule has 3 rings (SSSR count). The molecular weight excluding hydrogens is 419 g/mol. The van der Waals surface area contributed by atoms with E-state index >= 15 is 0 Å². The molecule has 1 aliphatic heterocycles. The topological polar surface area (TPSA) is 116 Å². The molecule has 7 nitrogen and oxygen atoms in total. The fraction of sp³-hybridized carbons (Fsp3) is 0.478. The average molecular weight is 450 g/mol. The first-order valence-corrected chi connectivity index (χ1v) is 13.0. The van der Waals surface area contributed by atoms with Crippen molar-refractivity contribution in [3.63, 3.8) is 0 Å². The van der Waals surface area contributed by atoms with Crippen LogP contribution in [0.4, 0.5) is 0 Å². The van der Waals surface area contributed by atoms with Crippen LogP contribution in [0.3, 0.4) is 0 Å². The fourth-order valence-corrected chi connectivity index (χ4v) is 4.05. The highest BCUT2D eigenvalue weighted by atomic mass is 31.2. The predicted molar refractivity (Wildman–Crippen MR) is 118 cm³/mol. The van der Waals surface area contributed by atoms with Gasteiger partial charge in [-0.25, -0.2) is 0 Å². The van der Waals surface area contributed by atoms with Gasteiger partial charge in [-0.3, -0.25) is 0 Å². The van der Waals surface area contributed by atoms with Crippen LogP contribution in [0.5, 0.6) is 5.75 Å². The molecule has 0 spiro atoms. The second kappa shape index (κ2) is 9.82. The van der Waals surface area contributed by atoms with E-state index in [1.54, 1.807) is 13.3 Å². The van der Waals surface area contributed by atoms with Crippen molar-refractivity contribution in [3.05, 3.63) is 64.7 Å². The highest BCUT2D eigenvalue weighted by molar-refractivity contribution is 7.62. The zero-order valence-corrected chi connectivity index (χ0v) is 18.9. The van der Waals surface area contributed by atoms with E-state index in [1.165, 1.54) is 0 Å². The summed E-state index contributed by atoms with van der Waals surface area (Å²) in [5.74, 6) is 0.666. The molecule has 0 saturated carbocycles. The molecule has 1 fully saturated rings. The molecule has 170 valence electrons. The summed E-state index contributed by atoms with van der Waals surface area (Å²) < 4.78 is 23.1. The monoisotopic (exact) mass is 450 g/mol. The number of aryl methyl sites for hydroxylation is 1. The van der Waals surface area contributed by atoms with Crippen molar-refractivity contribution in [1.29, 1.82) is 0 Å². The Bertz CT molecular complexity index is 922. The Balaban J connectivity index is 1.76. The lowest BCUT2D eigenvalue weighted by Gasteiger charge is -2.40. The molecule has 0 bridgehead atoms. The molecule has 1 saturated heterocycles. The van der Waals surface area contributed by atoms with Crippen LogP contribution >= 0.6 is 7.14 Å². The van der Waals surface area contributed by atoms with E-state index < -0.39 is 44.3 Å². The van der Waals surface area contributed by atoms with Crippen molar-refractivity contribution in [2.45, 2.75) is 43.9 Å². The number of aliphatic hydroxyl groups excluding tert-OH is 4. The predicted octanol–water partition coefficient (Wildman–Crippen LogP) is 2.06. The Kier molecular flexibility index (Phi) is 7.58. The van der Waals surface area contributed by atoms with Crippen LogP contribution < -0.4 is 4.74 Å². The molecule has 2 aromatic carbocycles. The maximum atomic E-state index is 11.8. The molecule has 8 heteroatoms. The molecule has 1 aliphatic rings. The van der Waals surface area contributed by atoms with Gasteiger partial charge in [0.15, 0.2) is 0 Å². The first-order chi connectivity index (χ1) is 14.6. The van der Waals surface area contributed by atoms with E-state index in [-0.39, 0.29) is 6.35 Å². The molecule has 0 unspecified atom stereocenters. The van der Waals surface area contributed by atoms with E-state index in [2.05, 4.69) is 0 Å². The maximum Gasteiger partial charge on any atom is 0.140 e. The second-order valence-corrected chi connectivity index (χ2v) is 12.0. The molecule has 1 heterocycles. The maximum absolute atomic E-state index is 11.8. The largest absolute Gasteiger partial charge is 0.486 e. The Hall–Kier alpha value is -1.73. The van der Waals surface area contributed by atoms with Gasteiger partial charge in [-0.15, -0.1) is 0 Å². The van der Waals surface area contributed by atoms with E-state index in [1.807, 2.05) is 49.4 Å². The van der Waals surface area contributed by atoms with Crippen LogP contribution in [0.2, 0.25) is 0 Å². The minimum Gasteiger partial charge on any atom is -0.486 e. The first kappa shape index (κ1) is 23.9. The minimum absolute atomic E-state index is 0.201. The van der Waals surface area contributed by atoms with Gasteiger partial charge in [-0.1, -0.05) is 30.3 Å². The van der Waals surface area contributed by atoms with Crippen molar-refractivity contribution in [2.24, 2.45) is 0 Å². The van der Waals surface area contributed by atoms with E-state index in [9.17, 15) is 25.0 Å². The third-order valence-corrected chi connectivity index (χ3v) is 6.20. The van der Waals surface area contributed by atoms with Gasteiger partial charge in [-0.2, -0.15) is 0 Å². The lowest BCUT2D eigenvalue weighted by Crippen LogP contribution is -2.55. The van der Waals surface area contributed by atoms with Gasteiger partial charge in [-0.05, 0) is 61.1 Å². The molecule has 2 aromatic rings. The number of ether oxygens (including phenoxy) is 2. The number of rotatable bonds is 7. The molecular formula is C23H31O7P. The summed E-state index contributed by atoms with van der Waals surface area (Å²) in [7, 11) is -2.25. The zero-order valence-electron chi connectivity index (χ0n) is 18.0. The third-order valence-electron chi connectivity index (χ3n) is 5.45.